The molecule has 2 rings (SSSR count). The van der Waals surface area contributed by atoms with Crippen molar-refractivity contribution >= 4 is 0 Å². The molecule has 0 aromatic carbocycles. The Kier molecular flexibility index (Phi) is 2.61. The second-order valence-corrected chi connectivity index (χ2v) is 5.20. The standard InChI is InChI=1S/C11H22N2/c12-6-5-11(13,7-9-1-2-9)8-10-3-4-10/h9-10H,1-8,12-13H2. The summed E-state index contributed by atoms with van der Waals surface area (Å²) in [4.78, 5) is 0. The van der Waals surface area contributed by atoms with Crippen LogP contribution in [-0.4, -0.2) is 12.1 Å². The Morgan fingerprint density at radius 3 is 1.77 bits per heavy atom. The Balaban J connectivity index is 1.82. The van der Waals surface area contributed by atoms with Gasteiger partial charge in [0.25, 0.3) is 0 Å². The monoisotopic (exact) mass is 182 g/mol. The number of nitrogens with two attached hydrogens (primary N) is 2. The Morgan fingerprint density at radius 1 is 1.00 bits per heavy atom. The maximum atomic E-state index is 6.41. The van der Waals surface area contributed by atoms with Gasteiger partial charge in [0.1, 0.15) is 0 Å². The first kappa shape index (κ1) is 9.47. The minimum absolute atomic E-state index is 0.0943. The Labute approximate surface area is 81.1 Å². The van der Waals surface area contributed by atoms with Crippen LogP contribution in [-0.2, 0) is 0 Å². The first-order chi connectivity index (χ1) is 6.22. The summed E-state index contributed by atoms with van der Waals surface area (Å²) in [7, 11) is 0. The quantitative estimate of drug-likeness (QED) is 0.656. The first-order valence-corrected chi connectivity index (χ1v) is 5.71. The lowest BCUT2D eigenvalue weighted by Gasteiger charge is -2.29. The zero-order chi connectivity index (χ0) is 9.31. The van der Waals surface area contributed by atoms with Crippen molar-refractivity contribution in [3.8, 4) is 0 Å². The highest BCUT2D eigenvalue weighted by Crippen LogP contribution is 2.43. The van der Waals surface area contributed by atoms with Gasteiger partial charge in [-0.3, -0.25) is 0 Å². The largest absolute Gasteiger partial charge is 0.330 e. The van der Waals surface area contributed by atoms with Crippen molar-refractivity contribution in [3.05, 3.63) is 0 Å². The van der Waals surface area contributed by atoms with Crippen LogP contribution in [0.1, 0.15) is 44.9 Å². The van der Waals surface area contributed by atoms with Crippen LogP contribution in [0.4, 0.5) is 0 Å². The average Bonchev–Trinajstić information content (AvgIpc) is 2.85. The molecule has 0 saturated heterocycles. The SMILES string of the molecule is NCCC(N)(CC1CC1)CC1CC1. The fourth-order valence-corrected chi connectivity index (χ4v) is 2.37. The highest BCUT2D eigenvalue weighted by Gasteiger charge is 2.37. The highest BCUT2D eigenvalue weighted by molar-refractivity contribution is 4.95. The minimum Gasteiger partial charge on any atom is -0.330 e. The molecule has 2 aliphatic rings. The van der Waals surface area contributed by atoms with Crippen LogP contribution in [0.5, 0.6) is 0 Å². The smallest absolute Gasteiger partial charge is 0.0171 e. The van der Waals surface area contributed by atoms with Gasteiger partial charge in [0, 0.05) is 5.54 Å². The summed E-state index contributed by atoms with van der Waals surface area (Å²) in [5.74, 6) is 1.88. The van der Waals surface area contributed by atoms with E-state index in [2.05, 4.69) is 0 Å². The molecule has 0 aromatic heterocycles. The number of hydrogen-bond donors (Lipinski definition) is 2. The van der Waals surface area contributed by atoms with Crippen LogP contribution < -0.4 is 11.5 Å². The van der Waals surface area contributed by atoms with Crippen molar-refractivity contribution in [1.29, 1.82) is 0 Å². The van der Waals surface area contributed by atoms with Crippen molar-refractivity contribution in [3.63, 3.8) is 0 Å². The summed E-state index contributed by atoms with van der Waals surface area (Å²) < 4.78 is 0. The van der Waals surface area contributed by atoms with Gasteiger partial charge >= 0.3 is 0 Å². The summed E-state index contributed by atoms with van der Waals surface area (Å²) in [6.07, 6.45) is 9.14. The maximum absolute atomic E-state index is 6.41. The van der Waals surface area contributed by atoms with Gasteiger partial charge in [-0.2, -0.15) is 0 Å². The fourth-order valence-electron chi connectivity index (χ4n) is 2.37. The van der Waals surface area contributed by atoms with Crippen molar-refractivity contribution in [2.75, 3.05) is 6.54 Å². The third-order valence-electron chi connectivity index (χ3n) is 3.43. The summed E-state index contributed by atoms with van der Waals surface area (Å²) in [5, 5.41) is 0. The van der Waals surface area contributed by atoms with E-state index in [1.165, 1.54) is 38.5 Å². The summed E-state index contributed by atoms with van der Waals surface area (Å²) >= 11 is 0. The molecule has 76 valence electrons. The zero-order valence-corrected chi connectivity index (χ0v) is 8.47. The summed E-state index contributed by atoms with van der Waals surface area (Å²) in [6, 6.07) is 0. The predicted molar refractivity (Wildman–Crippen MR) is 55.3 cm³/mol. The third-order valence-corrected chi connectivity index (χ3v) is 3.43. The van der Waals surface area contributed by atoms with Gasteiger partial charge in [-0.05, 0) is 37.6 Å². The molecule has 13 heavy (non-hydrogen) atoms. The second kappa shape index (κ2) is 3.58. The second-order valence-electron chi connectivity index (χ2n) is 5.20. The molecule has 2 nitrogen and oxygen atoms in total. The lowest BCUT2D eigenvalue weighted by molar-refractivity contribution is 0.312. The van der Waals surface area contributed by atoms with Crippen molar-refractivity contribution in [1.82, 2.24) is 0 Å². The third kappa shape index (κ3) is 2.96. The zero-order valence-electron chi connectivity index (χ0n) is 8.47. The van der Waals surface area contributed by atoms with Gasteiger partial charge in [0.2, 0.25) is 0 Å². The van der Waals surface area contributed by atoms with Crippen LogP contribution in [0.3, 0.4) is 0 Å². The minimum atomic E-state index is 0.0943. The van der Waals surface area contributed by atoms with Gasteiger partial charge in [-0.25, -0.2) is 0 Å². The molecular formula is C11H22N2. The maximum Gasteiger partial charge on any atom is 0.0171 e. The van der Waals surface area contributed by atoms with Crippen LogP contribution in [0, 0.1) is 11.8 Å². The van der Waals surface area contributed by atoms with Crippen molar-refractivity contribution < 1.29 is 0 Å². The summed E-state index contributed by atoms with van der Waals surface area (Å²) in [6.45, 7) is 0.760. The van der Waals surface area contributed by atoms with Gasteiger partial charge in [-0.1, -0.05) is 25.7 Å². The normalized spacial score (nSPS) is 23.5. The number of rotatable bonds is 6. The van der Waals surface area contributed by atoms with E-state index in [0.29, 0.717) is 0 Å². The average molecular weight is 182 g/mol. The van der Waals surface area contributed by atoms with Crippen LogP contribution in [0.15, 0.2) is 0 Å². The Hall–Kier alpha value is -0.0800. The molecule has 0 unspecified atom stereocenters. The van der Waals surface area contributed by atoms with E-state index in [-0.39, 0.29) is 5.54 Å². The lowest BCUT2D eigenvalue weighted by Crippen LogP contribution is -2.42. The molecule has 2 heteroatoms. The van der Waals surface area contributed by atoms with E-state index in [0.717, 1.165) is 24.8 Å². The van der Waals surface area contributed by atoms with E-state index in [9.17, 15) is 0 Å². The van der Waals surface area contributed by atoms with E-state index in [1.807, 2.05) is 0 Å². The fraction of sp³-hybridized carbons (Fsp3) is 1.00. The van der Waals surface area contributed by atoms with E-state index >= 15 is 0 Å². The van der Waals surface area contributed by atoms with Gasteiger partial charge < -0.3 is 11.5 Å². The first-order valence-electron chi connectivity index (χ1n) is 5.71. The molecule has 2 aliphatic carbocycles. The predicted octanol–water partition coefficient (Wildman–Crippen LogP) is 1.63. The molecule has 0 bridgehead atoms. The van der Waals surface area contributed by atoms with Gasteiger partial charge in [0.05, 0.1) is 0 Å². The molecule has 0 aliphatic heterocycles. The van der Waals surface area contributed by atoms with E-state index in [1.54, 1.807) is 0 Å². The van der Waals surface area contributed by atoms with Gasteiger partial charge in [-0.15, -0.1) is 0 Å². The topological polar surface area (TPSA) is 52.0 Å². The van der Waals surface area contributed by atoms with Crippen molar-refractivity contribution in [2.45, 2.75) is 50.5 Å². The highest BCUT2D eigenvalue weighted by atomic mass is 14.8. The molecule has 0 heterocycles. The van der Waals surface area contributed by atoms with E-state index in [4.69, 9.17) is 11.5 Å². The molecule has 2 saturated carbocycles. The molecule has 0 atom stereocenters. The van der Waals surface area contributed by atoms with Crippen molar-refractivity contribution in [2.24, 2.45) is 23.3 Å². The molecule has 2 fully saturated rings. The molecule has 4 N–H and O–H groups in total. The summed E-state index contributed by atoms with van der Waals surface area (Å²) in [5.41, 5.74) is 12.1. The molecular weight excluding hydrogens is 160 g/mol. The molecule has 0 spiro atoms. The molecule has 0 amide bonds. The van der Waals surface area contributed by atoms with Gasteiger partial charge in [0.15, 0.2) is 0 Å². The molecule has 0 aromatic rings. The Morgan fingerprint density at radius 2 is 1.46 bits per heavy atom. The Bertz CT molecular complexity index is 157. The van der Waals surface area contributed by atoms with Crippen LogP contribution >= 0.6 is 0 Å². The lowest BCUT2D eigenvalue weighted by atomic mass is 9.85. The van der Waals surface area contributed by atoms with Crippen LogP contribution in [0.25, 0.3) is 0 Å². The number of hydrogen-bond acceptors (Lipinski definition) is 2. The van der Waals surface area contributed by atoms with Crippen LogP contribution in [0.2, 0.25) is 0 Å². The van der Waals surface area contributed by atoms with E-state index < -0.39 is 0 Å². The molecule has 0 radical (unpaired) electrons.